The number of rotatable bonds is 8. The minimum Gasteiger partial charge on any atom is -0.463 e. The Morgan fingerprint density at radius 3 is 1.39 bits per heavy atom. The van der Waals surface area contributed by atoms with E-state index in [1.54, 1.807) is 0 Å². The van der Waals surface area contributed by atoms with Crippen LogP contribution in [0.2, 0.25) is 0 Å². The van der Waals surface area contributed by atoms with Gasteiger partial charge in [0.1, 0.15) is 6.61 Å². The van der Waals surface area contributed by atoms with Gasteiger partial charge in [-0.25, -0.2) is 4.79 Å². The van der Waals surface area contributed by atoms with Gasteiger partial charge in [0.05, 0.1) is 25.2 Å². The minimum atomic E-state index is -2.05. The number of ether oxygens (including phenoxy) is 1. The molecule has 0 saturated heterocycles. The fraction of sp³-hybridized carbons (Fsp3) is 0.767. The summed E-state index contributed by atoms with van der Waals surface area (Å²) in [6.45, 7) is 22.0. The Labute approximate surface area is 219 Å². The maximum Gasteiger partial charge on any atom is 0.339 e. The van der Waals surface area contributed by atoms with Crippen LogP contribution < -0.4 is 0 Å². The normalized spacial score (nSPS) is 16.0. The molecule has 6 nitrogen and oxygen atoms in total. The Morgan fingerprint density at radius 2 is 1.08 bits per heavy atom. The zero-order valence-electron chi connectivity index (χ0n) is 24.7. The van der Waals surface area contributed by atoms with E-state index in [1.807, 2.05) is 80.5 Å². The van der Waals surface area contributed by atoms with E-state index < -0.39 is 65.1 Å². The molecule has 0 aliphatic heterocycles. The number of carbonyl (C=O) groups is 1. The summed E-state index contributed by atoms with van der Waals surface area (Å²) in [6.07, 6.45) is 0. The van der Waals surface area contributed by atoms with Crippen molar-refractivity contribution in [2.75, 3.05) is 26.4 Å². The summed E-state index contributed by atoms with van der Waals surface area (Å²) >= 11 is 0. The molecule has 0 aliphatic rings. The average molecular weight is 509 g/mol. The number of hydrogen-bond acceptors (Lipinski definition) is 6. The van der Waals surface area contributed by atoms with Gasteiger partial charge in [0.2, 0.25) is 0 Å². The lowest BCUT2D eigenvalue weighted by atomic mass is 9.40. The molecule has 0 saturated carbocycles. The van der Waals surface area contributed by atoms with Crippen LogP contribution in [0.3, 0.4) is 0 Å². The summed E-state index contributed by atoms with van der Waals surface area (Å²) in [7, 11) is 0. The highest BCUT2D eigenvalue weighted by Gasteiger charge is 2.72. The van der Waals surface area contributed by atoms with Crippen molar-refractivity contribution in [3.05, 3.63) is 35.4 Å². The summed E-state index contributed by atoms with van der Waals surface area (Å²) in [4.78, 5) is 14.3. The summed E-state index contributed by atoms with van der Waals surface area (Å²) in [6, 6.07) is 8.00. The molecule has 0 fully saturated rings. The lowest BCUT2D eigenvalue weighted by Crippen LogP contribution is -2.74. The van der Waals surface area contributed by atoms with Crippen LogP contribution >= 0.6 is 0 Å². The molecule has 36 heavy (non-hydrogen) atoms. The summed E-state index contributed by atoms with van der Waals surface area (Å²) in [5.41, 5.74) is -5.27. The summed E-state index contributed by atoms with van der Waals surface area (Å²) in [5, 5.41) is 42.4. The summed E-state index contributed by atoms with van der Waals surface area (Å²) < 4.78 is 5.75. The van der Waals surface area contributed by atoms with Gasteiger partial charge in [-0.3, -0.25) is 0 Å². The average Bonchev–Trinajstić information content (AvgIpc) is 2.72. The number of carbonyl (C=O) groups excluding carboxylic acids is 1. The van der Waals surface area contributed by atoms with Crippen molar-refractivity contribution in [2.24, 2.45) is 21.7 Å². The third-order valence-corrected chi connectivity index (χ3v) is 7.83. The molecule has 0 aliphatic carbocycles. The number of esters is 1. The third kappa shape index (κ3) is 5.24. The van der Waals surface area contributed by atoms with Crippen LogP contribution in [0.1, 0.15) is 94.2 Å². The van der Waals surface area contributed by atoms with E-state index >= 15 is 0 Å². The highest BCUT2D eigenvalue weighted by atomic mass is 16.6. The van der Waals surface area contributed by atoms with Crippen LogP contribution in [0.5, 0.6) is 0 Å². The number of aliphatic hydroxyl groups is 4. The monoisotopic (exact) mass is 508 g/mol. The number of benzene rings is 1. The van der Waals surface area contributed by atoms with Gasteiger partial charge < -0.3 is 25.2 Å². The van der Waals surface area contributed by atoms with Crippen molar-refractivity contribution >= 4 is 5.97 Å². The number of aliphatic hydroxyl groups excluding tert-OH is 3. The Kier molecular flexibility index (Phi) is 9.37. The van der Waals surface area contributed by atoms with E-state index in [1.165, 1.54) is 0 Å². The number of hydrogen-bond donors (Lipinski definition) is 4. The molecular weight excluding hydrogens is 456 g/mol. The fourth-order valence-electron chi connectivity index (χ4n) is 6.31. The van der Waals surface area contributed by atoms with Crippen LogP contribution in [0, 0.1) is 21.7 Å². The highest BCUT2D eigenvalue weighted by Crippen LogP contribution is 2.64. The van der Waals surface area contributed by atoms with Crippen molar-refractivity contribution in [3.8, 4) is 0 Å². The molecule has 0 radical (unpaired) electrons. The van der Waals surface area contributed by atoms with E-state index in [9.17, 15) is 25.2 Å². The highest BCUT2D eigenvalue weighted by molar-refractivity contribution is 5.84. The van der Waals surface area contributed by atoms with Gasteiger partial charge >= 0.3 is 5.97 Å². The van der Waals surface area contributed by atoms with E-state index in [4.69, 9.17) is 4.74 Å². The first-order chi connectivity index (χ1) is 16.0. The predicted molar refractivity (Wildman–Crippen MR) is 145 cm³/mol. The standard InChI is InChI=1S/C30H52O6/c1-24(2,3)21-15-13-14-16-22(21)29(25(4,5)6,26(7,8)9)30(35,27(10,11)12)23(34)36-20-28(17-31,18-32)19-33/h13-16,31-33,35H,17-20H2,1-12H3. The van der Waals surface area contributed by atoms with E-state index in [-0.39, 0.29) is 5.41 Å². The molecular formula is C30H52O6. The van der Waals surface area contributed by atoms with Crippen molar-refractivity contribution in [1.82, 2.24) is 0 Å². The SMILES string of the molecule is CC(C)(C)c1ccccc1C(C(C)(C)C)(C(C)(C)C)C(O)(C(=O)OCC(CO)(CO)CO)C(C)(C)C. The molecule has 1 rings (SSSR count). The van der Waals surface area contributed by atoms with Crippen LogP contribution in [-0.4, -0.2) is 58.4 Å². The molecule has 1 unspecified atom stereocenters. The van der Waals surface area contributed by atoms with Gasteiger partial charge in [-0.15, -0.1) is 0 Å². The van der Waals surface area contributed by atoms with Gasteiger partial charge in [-0.2, -0.15) is 0 Å². The largest absolute Gasteiger partial charge is 0.463 e. The molecule has 0 aromatic heterocycles. The molecule has 208 valence electrons. The first kappa shape index (κ1) is 32.6. The fourth-order valence-corrected chi connectivity index (χ4v) is 6.31. The molecule has 0 amide bonds. The van der Waals surface area contributed by atoms with Gasteiger partial charge in [-0.05, 0) is 27.4 Å². The lowest BCUT2D eigenvalue weighted by molar-refractivity contribution is -0.226. The smallest absolute Gasteiger partial charge is 0.339 e. The second-order valence-corrected chi connectivity index (χ2v) is 14.6. The molecule has 6 heteroatoms. The zero-order chi connectivity index (χ0) is 28.6. The topological polar surface area (TPSA) is 107 Å². The lowest BCUT2D eigenvalue weighted by Gasteiger charge is -2.64. The molecule has 4 N–H and O–H groups in total. The molecule has 1 aromatic rings. The quantitative estimate of drug-likeness (QED) is 0.383. The van der Waals surface area contributed by atoms with Gasteiger partial charge in [0.25, 0.3) is 0 Å². The maximum atomic E-state index is 14.3. The van der Waals surface area contributed by atoms with Gasteiger partial charge in [0, 0.05) is 10.8 Å². The van der Waals surface area contributed by atoms with Gasteiger partial charge in [0.15, 0.2) is 5.60 Å². The van der Waals surface area contributed by atoms with E-state index in [0.717, 1.165) is 11.1 Å². The molecule has 0 spiro atoms. The van der Waals surface area contributed by atoms with Crippen molar-refractivity contribution in [2.45, 2.75) is 99.5 Å². The van der Waals surface area contributed by atoms with Crippen LogP contribution in [0.15, 0.2) is 24.3 Å². The van der Waals surface area contributed by atoms with Gasteiger partial charge in [-0.1, -0.05) is 107 Å². The summed E-state index contributed by atoms with van der Waals surface area (Å²) in [5.74, 6) is -0.844. The minimum absolute atomic E-state index is 0.277. The molecule has 0 heterocycles. The van der Waals surface area contributed by atoms with Crippen LogP contribution in [0.4, 0.5) is 0 Å². The molecule has 0 bridgehead atoms. The van der Waals surface area contributed by atoms with E-state index in [2.05, 4.69) is 26.8 Å². The Bertz CT molecular complexity index is 865. The Balaban J connectivity index is 4.22. The zero-order valence-corrected chi connectivity index (χ0v) is 24.7. The molecule has 1 atom stereocenters. The van der Waals surface area contributed by atoms with Crippen molar-refractivity contribution < 1.29 is 30.0 Å². The molecule has 1 aromatic carbocycles. The maximum absolute atomic E-state index is 14.3. The van der Waals surface area contributed by atoms with Crippen LogP contribution in [-0.2, 0) is 20.4 Å². The van der Waals surface area contributed by atoms with Crippen molar-refractivity contribution in [3.63, 3.8) is 0 Å². The Morgan fingerprint density at radius 1 is 0.694 bits per heavy atom. The van der Waals surface area contributed by atoms with Crippen LogP contribution in [0.25, 0.3) is 0 Å². The Hall–Kier alpha value is -1.47. The second kappa shape index (κ2) is 10.4. The predicted octanol–water partition coefficient (Wildman–Crippen LogP) is 4.60. The van der Waals surface area contributed by atoms with E-state index in [0.29, 0.717) is 0 Å². The van der Waals surface area contributed by atoms with Crippen molar-refractivity contribution in [1.29, 1.82) is 0 Å². The first-order valence-corrected chi connectivity index (χ1v) is 12.9. The second-order valence-electron chi connectivity index (χ2n) is 14.6. The first-order valence-electron chi connectivity index (χ1n) is 12.9. The third-order valence-electron chi connectivity index (χ3n) is 7.83.